The molecule has 2 heterocycles. The molecule has 0 aromatic heterocycles. The van der Waals surface area contributed by atoms with E-state index in [9.17, 15) is 13.2 Å². The summed E-state index contributed by atoms with van der Waals surface area (Å²) in [6.45, 7) is 3.34. The molecule has 5 nitrogen and oxygen atoms in total. The van der Waals surface area contributed by atoms with Crippen LogP contribution in [0.25, 0.3) is 0 Å². The molecule has 2 aliphatic heterocycles. The fourth-order valence-corrected chi connectivity index (χ4v) is 4.77. The molecule has 1 atom stereocenters. The Morgan fingerprint density at radius 1 is 1.35 bits per heavy atom. The summed E-state index contributed by atoms with van der Waals surface area (Å²) < 4.78 is 43.1. The highest BCUT2D eigenvalue weighted by atomic mass is 32.2. The number of benzene rings is 1. The zero-order valence-corrected chi connectivity index (χ0v) is 15.4. The molecule has 2 aliphatic rings. The van der Waals surface area contributed by atoms with E-state index in [1.165, 1.54) is 25.1 Å². The lowest BCUT2D eigenvalue weighted by atomic mass is 9.92. The van der Waals surface area contributed by atoms with E-state index in [0.29, 0.717) is 10.9 Å². The highest BCUT2D eigenvalue weighted by Gasteiger charge is 2.48. The number of nitrogens with zero attached hydrogens (tertiary/aromatic N) is 1. The molecule has 2 saturated heterocycles. The highest BCUT2D eigenvalue weighted by Crippen LogP contribution is 2.46. The molecule has 146 valence electrons. The van der Waals surface area contributed by atoms with Crippen molar-refractivity contribution in [2.24, 2.45) is 0 Å². The Balaban J connectivity index is 0.000000298. The van der Waals surface area contributed by atoms with E-state index in [-0.39, 0.29) is 0 Å². The molecule has 1 aromatic carbocycles. The molecule has 2 fully saturated rings. The Morgan fingerprint density at radius 2 is 1.96 bits per heavy atom. The summed E-state index contributed by atoms with van der Waals surface area (Å²) in [5, 5.41) is 7.12. The summed E-state index contributed by atoms with van der Waals surface area (Å²) in [5.41, 5.74) is 1.28. The summed E-state index contributed by atoms with van der Waals surface area (Å²) >= 11 is 2.09. The van der Waals surface area contributed by atoms with Crippen LogP contribution in [0.2, 0.25) is 0 Å². The first-order valence-electron chi connectivity index (χ1n) is 8.00. The van der Waals surface area contributed by atoms with Crippen LogP contribution in [0.15, 0.2) is 24.3 Å². The largest absolute Gasteiger partial charge is 0.496 e. The number of hydrogen-bond acceptors (Lipinski definition) is 5. The first-order valence-corrected chi connectivity index (χ1v) is 8.99. The number of para-hydroxylation sites is 1. The van der Waals surface area contributed by atoms with Crippen LogP contribution in [0.3, 0.4) is 0 Å². The smallest absolute Gasteiger partial charge is 0.490 e. The second-order valence-corrected chi connectivity index (χ2v) is 7.80. The lowest BCUT2D eigenvalue weighted by Gasteiger charge is -2.47. The number of ether oxygens (including phenoxy) is 2. The summed E-state index contributed by atoms with van der Waals surface area (Å²) in [6.07, 6.45) is -3.42. The lowest BCUT2D eigenvalue weighted by molar-refractivity contribution is -0.192. The average molecular weight is 393 g/mol. The van der Waals surface area contributed by atoms with Gasteiger partial charge in [0.1, 0.15) is 5.75 Å². The zero-order chi connectivity index (χ0) is 19.4. The van der Waals surface area contributed by atoms with Crippen molar-refractivity contribution in [3.63, 3.8) is 0 Å². The normalized spacial score (nSPS) is 21.7. The van der Waals surface area contributed by atoms with Crippen LogP contribution in [-0.4, -0.2) is 66.1 Å². The third kappa shape index (κ3) is 5.28. The van der Waals surface area contributed by atoms with E-state index in [2.05, 4.69) is 28.8 Å². The highest BCUT2D eigenvalue weighted by molar-refractivity contribution is 8.01. The third-order valence-electron chi connectivity index (χ3n) is 4.36. The van der Waals surface area contributed by atoms with Gasteiger partial charge in [-0.1, -0.05) is 18.2 Å². The topological polar surface area (TPSA) is 59.0 Å². The molecule has 0 bridgehead atoms. The number of carboxylic acid groups (broad SMARTS) is 1. The van der Waals surface area contributed by atoms with Gasteiger partial charge in [0.25, 0.3) is 0 Å². The Morgan fingerprint density at radius 3 is 2.46 bits per heavy atom. The molecule has 9 heteroatoms. The summed E-state index contributed by atoms with van der Waals surface area (Å²) in [4.78, 5) is 11.4. The molecule has 0 aliphatic carbocycles. The molecule has 1 unspecified atom stereocenters. The molecule has 0 radical (unpaired) electrons. The maximum atomic E-state index is 10.6. The Bertz CT molecular complexity index is 620. The number of methoxy groups -OCH3 is 2. The minimum Gasteiger partial charge on any atom is -0.496 e. The summed E-state index contributed by atoms with van der Waals surface area (Å²) in [6, 6.07) is 8.30. The van der Waals surface area contributed by atoms with Crippen molar-refractivity contribution in [2.75, 3.05) is 33.1 Å². The minimum atomic E-state index is -5.08. The van der Waals surface area contributed by atoms with Crippen molar-refractivity contribution in [2.45, 2.75) is 30.0 Å². The summed E-state index contributed by atoms with van der Waals surface area (Å²) in [5.74, 6) is -0.608. The maximum absolute atomic E-state index is 10.6. The fraction of sp³-hybridized carbons (Fsp3) is 0.588. The second-order valence-electron chi connectivity index (χ2n) is 6.32. The van der Waals surface area contributed by atoms with Crippen LogP contribution in [0.1, 0.15) is 12.0 Å². The van der Waals surface area contributed by atoms with Gasteiger partial charge >= 0.3 is 12.1 Å². The molecule has 1 spiro atoms. The first kappa shape index (κ1) is 20.9. The third-order valence-corrected chi connectivity index (χ3v) is 5.94. The predicted molar refractivity (Wildman–Crippen MR) is 92.6 cm³/mol. The number of carboxylic acids is 1. The van der Waals surface area contributed by atoms with Gasteiger partial charge in [0, 0.05) is 42.8 Å². The molecule has 3 rings (SSSR count). The number of rotatable bonds is 4. The predicted octanol–water partition coefficient (Wildman–Crippen LogP) is 3.03. The van der Waals surface area contributed by atoms with Crippen LogP contribution >= 0.6 is 11.8 Å². The van der Waals surface area contributed by atoms with Crippen LogP contribution < -0.4 is 4.74 Å². The lowest BCUT2D eigenvalue weighted by Crippen LogP contribution is -2.58. The van der Waals surface area contributed by atoms with Gasteiger partial charge in [-0.25, -0.2) is 4.79 Å². The van der Waals surface area contributed by atoms with E-state index in [4.69, 9.17) is 19.4 Å². The SMILES string of the molecule is COc1ccccc1CN1CC2(CC(OC)CS2)C1.O=C(O)C(F)(F)F. The van der Waals surface area contributed by atoms with Gasteiger partial charge in [0.2, 0.25) is 0 Å². The van der Waals surface area contributed by atoms with Gasteiger partial charge in [-0.15, -0.1) is 11.8 Å². The van der Waals surface area contributed by atoms with Crippen molar-refractivity contribution in [3.8, 4) is 5.75 Å². The quantitative estimate of drug-likeness (QED) is 0.849. The standard InChI is InChI=1S/C15H21NO2S.C2HF3O2/c1-17-13-7-15(19-9-13)10-16(11-15)8-12-5-3-4-6-14(12)18-2;3-2(4,5)1(6)7/h3-6,13H,7-11H2,1-2H3;(H,6,7). The molecular weight excluding hydrogens is 371 g/mol. The minimum absolute atomic E-state index is 0.457. The number of alkyl halides is 3. The van der Waals surface area contributed by atoms with Gasteiger partial charge in [-0.2, -0.15) is 13.2 Å². The zero-order valence-electron chi connectivity index (χ0n) is 14.6. The monoisotopic (exact) mass is 393 g/mol. The number of aliphatic carboxylic acids is 1. The molecule has 1 aromatic rings. The van der Waals surface area contributed by atoms with Crippen LogP contribution in [0, 0.1) is 0 Å². The van der Waals surface area contributed by atoms with E-state index in [1.54, 1.807) is 7.11 Å². The van der Waals surface area contributed by atoms with E-state index in [0.717, 1.165) is 18.0 Å². The van der Waals surface area contributed by atoms with Crippen molar-refractivity contribution >= 4 is 17.7 Å². The number of carbonyl (C=O) groups is 1. The fourth-order valence-electron chi connectivity index (χ4n) is 3.13. The number of thioether (sulfide) groups is 1. The van der Waals surface area contributed by atoms with Gasteiger partial charge in [-0.3, -0.25) is 4.90 Å². The Labute approximate surface area is 154 Å². The number of hydrogen-bond donors (Lipinski definition) is 1. The van der Waals surface area contributed by atoms with Crippen molar-refractivity contribution in [1.29, 1.82) is 0 Å². The van der Waals surface area contributed by atoms with Crippen molar-refractivity contribution in [3.05, 3.63) is 29.8 Å². The number of likely N-dealkylation sites (tertiary alicyclic amines) is 1. The molecule has 26 heavy (non-hydrogen) atoms. The summed E-state index contributed by atoms with van der Waals surface area (Å²) in [7, 11) is 3.57. The van der Waals surface area contributed by atoms with Gasteiger partial charge in [0.15, 0.2) is 0 Å². The van der Waals surface area contributed by atoms with Crippen LogP contribution in [0.4, 0.5) is 13.2 Å². The van der Waals surface area contributed by atoms with Gasteiger partial charge < -0.3 is 14.6 Å². The molecule has 0 saturated carbocycles. The molecule has 1 N–H and O–H groups in total. The van der Waals surface area contributed by atoms with E-state index < -0.39 is 12.1 Å². The van der Waals surface area contributed by atoms with E-state index in [1.807, 2.05) is 19.2 Å². The average Bonchev–Trinajstić information content (AvgIpc) is 2.99. The maximum Gasteiger partial charge on any atom is 0.490 e. The van der Waals surface area contributed by atoms with Crippen molar-refractivity contribution < 1.29 is 32.5 Å². The number of halogens is 3. The first-order chi connectivity index (χ1) is 12.2. The van der Waals surface area contributed by atoms with Gasteiger partial charge in [-0.05, 0) is 12.5 Å². The molecule has 0 amide bonds. The van der Waals surface area contributed by atoms with Crippen LogP contribution in [0.5, 0.6) is 5.75 Å². The Kier molecular flexibility index (Phi) is 6.81. The molecular formula is C17H22F3NO4S. The van der Waals surface area contributed by atoms with E-state index >= 15 is 0 Å². The van der Waals surface area contributed by atoms with Crippen LogP contribution in [-0.2, 0) is 16.1 Å². The Hall–Kier alpha value is -1.45. The van der Waals surface area contributed by atoms with Gasteiger partial charge in [0.05, 0.1) is 13.2 Å². The second kappa shape index (κ2) is 8.49. The van der Waals surface area contributed by atoms with Crippen molar-refractivity contribution in [1.82, 2.24) is 4.90 Å².